The largest absolute Gasteiger partial charge is 0.494 e. The molecule has 1 aliphatic rings. The van der Waals surface area contributed by atoms with E-state index >= 15 is 0 Å². The molecule has 0 unspecified atom stereocenters. The topological polar surface area (TPSA) is 47.0 Å². The summed E-state index contributed by atoms with van der Waals surface area (Å²) in [6, 6.07) is 8.02. The zero-order valence-electron chi connectivity index (χ0n) is 14.0. The first-order valence-electron chi connectivity index (χ1n) is 8.49. The van der Waals surface area contributed by atoms with Gasteiger partial charge in [0.15, 0.2) is 0 Å². The van der Waals surface area contributed by atoms with Gasteiger partial charge in [0, 0.05) is 10.6 Å². The lowest BCUT2D eigenvalue weighted by molar-refractivity contribution is 0.340. The monoisotopic (exact) mass is 339 g/mol. The van der Waals surface area contributed by atoms with E-state index in [0.29, 0.717) is 6.61 Å². The van der Waals surface area contributed by atoms with Crippen LogP contribution in [0.15, 0.2) is 30.6 Å². The number of nitrogens with one attached hydrogen (secondary N) is 1. The molecular formula is C19H21N3OS. The number of thiophene rings is 1. The Bertz CT molecular complexity index is 857. The van der Waals surface area contributed by atoms with Gasteiger partial charge in [-0.3, -0.25) is 0 Å². The molecule has 0 aliphatic heterocycles. The Morgan fingerprint density at radius 3 is 2.88 bits per heavy atom. The highest BCUT2D eigenvalue weighted by Gasteiger charge is 2.23. The highest BCUT2D eigenvalue weighted by Crippen LogP contribution is 2.40. The molecule has 1 aromatic carbocycles. The van der Waals surface area contributed by atoms with Crippen LogP contribution in [0.25, 0.3) is 10.2 Å². The van der Waals surface area contributed by atoms with Gasteiger partial charge in [-0.25, -0.2) is 9.97 Å². The average molecular weight is 339 g/mol. The Hall–Kier alpha value is -2.14. The van der Waals surface area contributed by atoms with Gasteiger partial charge >= 0.3 is 0 Å². The molecule has 0 saturated heterocycles. The van der Waals surface area contributed by atoms with Crippen LogP contribution in [-0.4, -0.2) is 16.6 Å². The summed E-state index contributed by atoms with van der Waals surface area (Å²) in [5.74, 6) is 2.53. The maximum Gasteiger partial charge on any atom is 0.142 e. The molecule has 1 N–H and O–H groups in total. The van der Waals surface area contributed by atoms with Crippen molar-refractivity contribution in [2.45, 2.75) is 33.1 Å². The number of ether oxygens (including phenoxy) is 1. The zero-order valence-corrected chi connectivity index (χ0v) is 14.8. The van der Waals surface area contributed by atoms with E-state index in [1.54, 1.807) is 6.33 Å². The molecule has 5 heteroatoms. The maximum absolute atomic E-state index is 5.50. The van der Waals surface area contributed by atoms with Crippen molar-refractivity contribution in [3.05, 3.63) is 41.0 Å². The molecule has 0 bridgehead atoms. The van der Waals surface area contributed by atoms with E-state index in [9.17, 15) is 0 Å². The highest BCUT2D eigenvalue weighted by atomic mass is 32.1. The molecule has 24 heavy (non-hydrogen) atoms. The first kappa shape index (κ1) is 15.4. The van der Waals surface area contributed by atoms with Crippen LogP contribution in [0.1, 0.15) is 30.7 Å². The van der Waals surface area contributed by atoms with Crippen LogP contribution in [0.3, 0.4) is 0 Å². The first-order chi connectivity index (χ1) is 11.7. The Morgan fingerprint density at radius 2 is 2.08 bits per heavy atom. The molecule has 124 valence electrons. The summed E-state index contributed by atoms with van der Waals surface area (Å²) in [6.07, 6.45) is 5.22. The zero-order chi connectivity index (χ0) is 16.5. The van der Waals surface area contributed by atoms with Crippen molar-refractivity contribution in [3.8, 4) is 5.75 Å². The van der Waals surface area contributed by atoms with Crippen LogP contribution in [-0.2, 0) is 12.8 Å². The molecule has 4 nitrogen and oxygen atoms in total. The second kappa shape index (κ2) is 6.40. The third-order valence-corrected chi connectivity index (χ3v) is 5.72. The van der Waals surface area contributed by atoms with Gasteiger partial charge in [0.2, 0.25) is 0 Å². The fourth-order valence-corrected chi connectivity index (χ4v) is 4.50. The minimum Gasteiger partial charge on any atom is -0.494 e. The van der Waals surface area contributed by atoms with Gasteiger partial charge in [0.05, 0.1) is 12.0 Å². The third kappa shape index (κ3) is 2.84. The summed E-state index contributed by atoms with van der Waals surface area (Å²) in [5.41, 5.74) is 2.46. The van der Waals surface area contributed by atoms with Crippen molar-refractivity contribution in [2.24, 2.45) is 5.92 Å². The van der Waals surface area contributed by atoms with E-state index in [2.05, 4.69) is 22.2 Å². The van der Waals surface area contributed by atoms with Gasteiger partial charge in [-0.2, -0.15) is 0 Å². The molecule has 4 rings (SSSR count). The van der Waals surface area contributed by atoms with E-state index in [0.717, 1.165) is 34.4 Å². The van der Waals surface area contributed by atoms with Crippen LogP contribution in [0.5, 0.6) is 5.75 Å². The van der Waals surface area contributed by atoms with Crippen LogP contribution >= 0.6 is 11.3 Å². The number of hydrogen-bond acceptors (Lipinski definition) is 5. The lowest BCUT2D eigenvalue weighted by Gasteiger charge is -2.18. The Labute approximate surface area is 145 Å². The van der Waals surface area contributed by atoms with Crippen LogP contribution in [0.4, 0.5) is 11.5 Å². The van der Waals surface area contributed by atoms with Crippen LogP contribution in [0.2, 0.25) is 0 Å². The predicted molar refractivity (Wildman–Crippen MR) is 99.5 cm³/mol. The molecular weight excluding hydrogens is 318 g/mol. The summed E-state index contributed by atoms with van der Waals surface area (Å²) >= 11 is 1.82. The van der Waals surface area contributed by atoms with E-state index < -0.39 is 0 Å². The number of benzene rings is 1. The number of rotatable bonds is 4. The summed E-state index contributed by atoms with van der Waals surface area (Å²) in [7, 11) is 0. The molecule has 0 fully saturated rings. The second-order valence-electron chi connectivity index (χ2n) is 6.34. The molecule has 1 atom stereocenters. The SMILES string of the molecule is CCOc1ccc(Nc2ncnc3sc4c(c23)C[C@H](C)CC4)cc1. The molecule has 3 aromatic rings. The van der Waals surface area contributed by atoms with Crippen molar-refractivity contribution in [1.29, 1.82) is 0 Å². The fraction of sp³-hybridized carbons (Fsp3) is 0.368. The summed E-state index contributed by atoms with van der Waals surface area (Å²) < 4.78 is 5.50. The van der Waals surface area contributed by atoms with Gasteiger partial charge < -0.3 is 10.1 Å². The van der Waals surface area contributed by atoms with Gasteiger partial charge in [-0.05, 0) is 61.9 Å². The van der Waals surface area contributed by atoms with Crippen molar-refractivity contribution < 1.29 is 4.74 Å². The van der Waals surface area contributed by atoms with Gasteiger partial charge in [0.25, 0.3) is 0 Å². The lowest BCUT2D eigenvalue weighted by atomic mass is 9.88. The minimum atomic E-state index is 0.679. The summed E-state index contributed by atoms with van der Waals surface area (Å²) in [5, 5.41) is 4.67. The Balaban J connectivity index is 1.70. The number of aryl methyl sites for hydroxylation is 1. The van der Waals surface area contributed by atoms with Crippen molar-refractivity contribution in [3.63, 3.8) is 0 Å². The molecule has 0 amide bonds. The number of fused-ring (bicyclic) bond motifs is 3. The van der Waals surface area contributed by atoms with E-state index in [-0.39, 0.29) is 0 Å². The molecule has 0 radical (unpaired) electrons. The molecule has 2 aromatic heterocycles. The number of hydrogen-bond donors (Lipinski definition) is 1. The molecule has 2 heterocycles. The van der Waals surface area contributed by atoms with Gasteiger partial charge in [-0.15, -0.1) is 11.3 Å². The van der Waals surface area contributed by atoms with Gasteiger partial charge in [-0.1, -0.05) is 6.92 Å². The molecule has 0 spiro atoms. The Kier molecular flexibility index (Phi) is 4.10. The lowest BCUT2D eigenvalue weighted by Crippen LogP contribution is -2.09. The van der Waals surface area contributed by atoms with E-state index in [1.165, 1.54) is 28.7 Å². The normalized spacial score (nSPS) is 16.8. The van der Waals surface area contributed by atoms with Crippen LogP contribution in [0, 0.1) is 5.92 Å². The summed E-state index contributed by atoms with van der Waals surface area (Å²) in [6.45, 7) is 5.00. The number of nitrogens with zero attached hydrogens (tertiary/aromatic N) is 2. The van der Waals surface area contributed by atoms with E-state index in [4.69, 9.17) is 4.74 Å². The minimum absolute atomic E-state index is 0.679. The van der Waals surface area contributed by atoms with Crippen LogP contribution < -0.4 is 10.1 Å². The predicted octanol–water partition coefficient (Wildman–Crippen LogP) is 4.96. The number of anilines is 2. The standard InChI is InChI=1S/C19H21N3OS/c1-3-23-14-7-5-13(6-8-14)22-18-17-15-10-12(2)4-9-16(15)24-19(17)21-11-20-18/h5-8,11-12H,3-4,9-10H2,1-2H3,(H,20,21,22)/t12-/m1/s1. The quantitative estimate of drug-likeness (QED) is 0.730. The highest BCUT2D eigenvalue weighted by molar-refractivity contribution is 7.19. The van der Waals surface area contributed by atoms with Crippen molar-refractivity contribution in [1.82, 2.24) is 9.97 Å². The average Bonchev–Trinajstić information content (AvgIpc) is 2.96. The Morgan fingerprint density at radius 1 is 1.25 bits per heavy atom. The smallest absolute Gasteiger partial charge is 0.142 e. The van der Waals surface area contributed by atoms with Crippen molar-refractivity contribution in [2.75, 3.05) is 11.9 Å². The fourth-order valence-electron chi connectivity index (χ4n) is 3.32. The van der Waals surface area contributed by atoms with E-state index in [1.807, 2.05) is 42.5 Å². The molecule has 0 saturated carbocycles. The van der Waals surface area contributed by atoms with Crippen molar-refractivity contribution >= 4 is 33.1 Å². The third-order valence-electron chi connectivity index (χ3n) is 4.52. The number of aromatic nitrogens is 2. The summed E-state index contributed by atoms with van der Waals surface area (Å²) in [4.78, 5) is 11.6. The van der Waals surface area contributed by atoms with Gasteiger partial charge in [0.1, 0.15) is 22.7 Å². The molecule has 1 aliphatic carbocycles. The second-order valence-corrected chi connectivity index (χ2v) is 7.42. The maximum atomic E-state index is 5.50. The first-order valence-corrected chi connectivity index (χ1v) is 9.31.